The van der Waals surface area contributed by atoms with Crippen LogP contribution in [0.4, 0.5) is 5.69 Å². The van der Waals surface area contributed by atoms with Crippen molar-refractivity contribution in [1.82, 2.24) is 0 Å². The summed E-state index contributed by atoms with van der Waals surface area (Å²) in [7, 11) is 4.53. The highest BCUT2D eigenvalue weighted by Gasteiger charge is 2.19. The lowest BCUT2D eigenvalue weighted by Gasteiger charge is -2.16. The number of anilines is 1. The van der Waals surface area contributed by atoms with Crippen LogP contribution in [0.25, 0.3) is 6.08 Å². The highest BCUT2D eigenvalue weighted by molar-refractivity contribution is 5.97. The summed E-state index contributed by atoms with van der Waals surface area (Å²) in [6.45, 7) is 7.37. The Bertz CT molecular complexity index is 948. The zero-order chi connectivity index (χ0) is 23.1. The number of carbonyl (C=O) groups is 2. The monoisotopic (exact) mass is 427 g/mol. The van der Waals surface area contributed by atoms with E-state index in [1.54, 1.807) is 18.2 Å². The van der Waals surface area contributed by atoms with Gasteiger partial charge in [-0.3, -0.25) is 4.79 Å². The molecule has 0 aromatic heterocycles. The fraction of sp³-hybridized carbons (Fsp3) is 0.333. The zero-order valence-corrected chi connectivity index (χ0v) is 19.0. The minimum Gasteiger partial charge on any atom is -0.493 e. The quantitative estimate of drug-likeness (QED) is 0.502. The number of aryl methyl sites for hydroxylation is 3. The molecule has 7 nitrogen and oxygen atoms in total. The molecule has 2 rings (SSSR count). The van der Waals surface area contributed by atoms with E-state index in [2.05, 4.69) is 5.32 Å². The van der Waals surface area contributed by atoms with Gasteiger partial charge in [-0.05, 0) is 62.6 Å². The molecule has 31 heavy (non-hydrogen) atoms. The normalized spacial score (nSPS) is 11.7. The number of methoxy groups -OCH3 is 3. The Morgan fingerprint density at radius 1 is 0.903 bits per heavy atom. The summed E-state index contributed by atoms with van der Waals surface area (Å²) in [5.41, 5.74) is 4.39. The Morgan fingerprint density at radius 2 is 1.45 bits per heavy atom. The molecule has 0 spiro atoms. The summed E-state index contributed by atoms with van der Waals surface area (Å²) in [4.78, 5) is 24.7. The fourth-order valence-electron chi connectivity index (χ4n) is 3.23. The van der Waals surface area contributed by atoms with Crippen LogP contribution in [-0.2, 0) is 14.3 Å². The largest absolute Gasteiger partial charge is 0.493 e. The summed E-state index contributed by atoms with van der Waals surface area (Å²) < 4.78 is 21.1. The van der Waals surface area contributed by atoms with Crippen LogP contribution in [-0.4, -0.2) is 39.3 Å². The van der Waals surface area contributed by atoms with Crippen LogP contribution in [0.3, 0.4) is 0 Å². The number of carbonyl (C=O) groups excluding carboxylic acids is 2. The van der Waals surface area contributed by atoms with Crippen molar-refractivity contribution in [2.45, 2.75) is 33.8 Å². The Balaban J connectivity index is 2.07. The van der Waals surface area contributed by atoms with Gasteiger partial charge in [-0.2, -0.15) is 0 Å². The van der Waals surface area contributed by atoms with E-state index in [1.165, 1.54) is 34.3 Å². The molecule has 1 atom stereocenters. The first-order valence-corrected chi connectivity index (χ1v) is 9.77. The Morgan fingerprint density at radius 3 is 1.94 bits per heavy atom. The Kier molecular flexibility index (Phi) is 8.07. The van der Waals surface area contributed by atoms with Crippen LogP contribution in [0.2, 0.25) is 0 Å². The molecule has 2 aromatic rings. The summed E-state index contributed by atoms with van der Waals surface area (Å²) in [5.74, 6) is 0.341. The van der Waals surface area contributed by atoms with E-state index in [9.17, 15) is 9.59 Å². The van der Waals surface area contributed by atoms with E-state index in [1.807, 2.05) is 32.9 Å². The van der Waals surface area contributed by atoms with Crippen LogP contribution in [0.1, 0.15) is 29.2 Å². The van der Waals surface area contributed by atoms with Gasteiger partial charge in [0, 0.05) is 11.8 Å². The van der Waals surface area contributed by atoms with Gasteiger partial charge in [0.1, 0.15) is 0 Å². The number of ether oxygens (including phenoxy) is 4. The number of hydrogen-bond donors (Lipinski definition) is 1. The summed E-state index contributed by atoms with van der Waals surface area (Å²) in [6.07, 6.45) is 1.83. The summed E-state index contributed by atoms with van der Waals surface area (Å²) in [5, 5.41) is 2.84. The van der Waals surface area contributed by atoms with Crippen molar-refractivity contribution in [3.8, 4) is 17.2 Å². The van der Waals surface area contributed by atoms with Crippen molar-refractivity contribution in [3.63, 3.8) is 0 Å². The molecule has 166 valence electrons. The van der Waals surface area contributed by atoms with Crippen molar-refractivity contribution in [3.05, 3.63) is 52.6 Å². The van der Waals surface area contributed by atoms with Crippen molar-refractivity contribution in [2.75, 3.05) is 26.6 Å². The number of esters is 1. The van der Waals surface area contributed by atoms with Crippen LogP contribution in [0.15, 0.2) is 30.3 Å². The fourth-order valence-corrected chi connectivity index (χ4v) is 3.23. The minimum absolute atomic E-state index is 0.399. The van der Waals surface area contributed by atoms with Gasteiger partial charge in [0.2, 0.25) is 5.75 Å². The molecular weight excluding hydrogens is 398 g/mol. The molecule has 0 aliphatic heterocycles. The molecule has 0 aliphatic rings. The second-order valence-corrected chi connectivity index (χ2v) is 7.13. The molecule has 0 radical (unpaired) electrons. The number of rotatable bonds is 8. The zero-order valence-electron chi connectivity index (χ0n) is 19.0. The van der Waals surface area contributed by atoms with E-state index in [-0.39, 0.29) is 0 Å². The van der Waals surface area contributed by atoms with Crippen molar-refractivity contribution in [1.29, 1.82) is 0 Å². The molecule has 0 heterocycles. The molecule has 1 N–H and O–H groups in total. The maximum absolute atomic E-state index is 12.5. The summed E-state index contributed by atoms with van der Waals surface area (Å²) in [6, 6.07) is 7.37. The second-order valence-electron chi connectivity index (χ2n) is 7.13. The third-order valence-corrected chi connectivity index (χ3v) is 4.69. The molecule has 7 heteroatoms. The maximum Gasteiger partial charge on any atom is 0.331 e. The Labute approximate surface area is 183 Å². The van der Waals surface area contributed by atoms with Gasteiger partial charge in [0.25, 0.3) is 5.91 Å². The summed E-state index contributed by atoms with van der Waals surface area (Å²) >= 11 is 0. The van der Waals surface area contributed by atoms with Crippen LogP contribution in [0.5, 0.6) is 17.2 Å². The molecule has 1 amide bonds. The standard InChI is InChI=1S/C24H29NO6/c1-14-10-15(2)22(16(3)11-14)25-24(27)17(4)31-21(26)9-8-18-12-19(28-5)23(30-7)20(13-18)29-6/h8-13,17H,1-7H3,(H,25,27). The predicted molar refractivity (Wildman–Crippen MR) is 120 cm³/mol. The second kappa shape index (κ2) is 10.5. The first kappa shape index (κ1) is 23.8. The molecule has 0 aliphatic carbocycles. The van der Waals surface area contributed by atoms with E-state index >= 15 is 0 Å². The molecule has 0 fully saturated rings. The first-order chi connectivity index (χ1) is 14.7. The van der Waals surface area contributed by atoms with Crippen molar-refractivity contribution < 1.29 is 28.5 Å². The van der Waals surface area contributed by atoms with Gasteiger partial charge < -0.3 is 24.3 Å². The molecule has 1 unspecified atom stereocenters. The lowest BCUT2D eigenvalue weighted by atomic mass is 10.0. The van der Waals surface area contributed by atoms with Gasteiger partial charge in [0.15, 0.2) is 17.6 Å². The van der Waals surface area contributed by atoms with Crippen molar-refractivity contribution >= 4 is 23.6 Å². The van der Waals surface area contributed by atoms with Crippen molar-refractivity contribution in [2.24, 2.45) is 0 Å². The molecule has 0 saturated carbocycles. The number of amides is 1. The highest BCUT2D eigenvalue weighted by atomic mass is 16.5. The maximum atomic E-state index is 12.5. The number of benzene rings is 2. The van der Waals surface area contributed by atoms with Crippen LogP contribution >= 0.6 is 0 Å². The average molecular weight is 427 g/mol. The molecule has 2 aromatic carbocycles. The smallest absolute Gasteiger partial charge is 0.331 e. The van der Waals surface area contributed by atoms with E-state index in [0.29, 0.717) is 22.8 Å². The highest BCUT2D eigenvalue weighted by Crippen LogP contribution is 2.38. The van der Waals surface area contributed by atoms with Crippen LogP contribution in [0, 0.1) is 20.8 Å². The predicted octanol–water partition coefficient (Wildman–Crippen LogP) is 4.22. The minimum atomic E-state index is -0.961. The van der Waals surface area contributed by atoms with Crippen LogP contribution < -0.4 is 19.5 Å². The lowest BCUT2D eigenvalue weighted by molar-refractivity contribution is -0.148. The SMILES string of the molecule is COc1cc(C=CC(=O)OC(C)C(=O)Nc2c(C)cc(C)cc2C)cc(OC)c1OC. The molecular formula is C24H29NO6. The third kappa shape index (κ3) is 6.01. The topological polar surface area (TPSA) is 83.1 Å². The Hall–Kier alpha value is -3.48. The van der Waals surface area contributed by atoms with Gasteiger partial charge >= 0.3 is 5.97 Å². The van der Waals surface area contributed by atoms with E-state index < -0.39 is 18.0 Å². The van der Waals surface area contributed by atoms with Gasteiger partial charge in [0.05, 0.1) is 21.3 Å². The van der Waals surface area contributed by atoms with Gasteiger partial charge in [-0.15, -0.1) is 0 Å². The number of hydrogen-bond acceptors (Lipinski definition) is 6. The lowest BCUT2D eigenvalue weighted by Crippen LogP contribution is -2.30. The third-order valence-electron chi connectivity index (χ3n) is 4.69. The van der Waals surface area contributed by atoms with E-state index in [0.717, 1.165) is 22.4 Å². The molecule has 0 bridgehead atoms. The number of nitrogens with one attached hydrogen (secondary N) is 1. The van der Waals surface area contributed by atoms with E-state index in [4.69, 9.17) is 18.9 Å². The first-order valence-electron chi connectivity index (χ1n) is 9.77. The molecule has 0 saturated heterocycles. The average Bonchev–Trinajstić information content (AvgIpc) is 2.73. The van der Waals surface area contributed by atoms with Gasteiger partial charge in [-0.1, -0.05) is 17.7 Å². The van der Waals surface area contributed by atoms with Gasteiger partial charge in [-0.25, -0.2) is 4.79 Å².